The molecule has 0 bridgehead atoms. The minimum Gasteiger partial charge on any atom is -0.348 e. The summed E-state index contributed by atoms with van der Waals surface area (Å²) in [5, 5.41) is 0. The van der Waals surface area contributed by atoms with E-state index >= 15 is 0 Å². The number of imidazole rings is 1. The molecule has 0 aromatic carbocycles. The largest absolute Gasteiger partial charge is 0.348 e. The van der Waals surface area contributed by atoms with Gasteiger partial charge in [0.1, 0.15) is 5.82 Å². The Bertz CT molecular complexity index is 470. The maximum absolute atomic E-state index is 4.60. The molecular weight excluding hydrogens is 284 g/mol. The molecule has 1 aliphatic heterocycles. The van der Waals surface area contributed by atoms with Crippen molar-refractivity contribution in [2.75, 3.05) is 26.2 Å². The Hall–Kier alpha value is -1.13. The predicted octanol–water partition coefficient (Wildman–Crippen LogP) is 3.41. The quantitative estimate of drug-likeness (QED) is 0.668. The number of H-pyrrole nitrogens is 1. The van der Waals surface area contributed by atoms with Gasteiger partial charge in [-0.25, -0.2) is 4.98 Å². The first-order valence-electron chi connectivity index (χ1n) is 9.41. The topological polar surface area (TPSA) is 35.2 Å². The number of nitrogens with zero attached hydrogens (tertiary/aromatic N) is 3. The van der Waals surface area contributed by atoms with Crippen molar-refractivity contribution in [1.82, 2.24) is 19.8 Å². The van der Waals surface area contributed by atoms with Gasteiger partial charge in [-0.3, -0.25) is 9.80 Å². The number of aromatic amines is 1. The highest BCUT2D eigenvalue weighted by atomic mass is 15.3. The number of rotatable bonds is 5. The second kappa shape index (κ2) is 8.11. The predicted molar refractivity (Wildman–Crippen MR) is 95.6 cm³/mol. The fourth-order valence-electron chi connectivity index (χ4n) is 4.54. The maximum Gasteiger partial charge on any atom is 0.110 e. The van der Waals surface area contributed by atoms with E-state index in [0.717, 1.165) is 6.54 Å². The van der Waals surface area contributed by atoms with Crippen molar-refractivity contribution in [3.05, 3.63) is 30.9 Å². The molecule has 4 nitrogen and oxygen atoms in total. The smallest absolute Gasteiger partial charge is 0.110 e. The van der Waals surface area contributed by atoms with Gasteiger partial charge in [0.25, 0.3) is 0 Å². The Morgan fingerprint density at radius 3 is 2.91 bits per heavy atom. The number of hydrogen-bond donors (Lipinski definition) is 1. The molecule has 1 saturated carbocycles. The molecule has 0 spiro atoms. The van der Waals surface area contributed by atoms with E-state index in [0.29, 0.717) is 18.0 Å². The lowest BCUT2D eigenvalue weighted by Crippen LogP contribution is -2.56. The zero-order valence-electron chi connectivity index (χ0n) is 14.6. The summed E-state index contributed by atoms with van der Waals surface area (Å²) >= 11 is 0. The van der Waals surface area contributed by atoms with E-state index in [1.807, 2.05) is 12.4 Å². The minimum absolute atomic E-state index is 0.580. The minimum atomic E-state index is 0.580. The molecule has 4 heteroatoms. The van der Waals surface area contributed by atoms with Crippen LogP contribution >= 0.6 is 0 Å². The standard InChI is InChI=1S/C19H32N4/c1-3-12-22-13-14-23(15-16(22)4-2)18-9-7-5-6-8-17(18)19-20-10-11-21-19/h3,10-11,16-18H,1,4-9,12-15H2,2H3,(H,20,21). The fourth-order valence-corrected chi connectivity index (χ4v) is 4.54. The van der Waals surface area contributed by atoms with E-state index in [2.05, 4.69) is 39.3 Å². The molecule has 2 fully saturated rings. The van der Waals surface area contributed by atoms with Gasteiger partial charge in [0.15, 0.2) is 0 Å². The van der Waals surface area contributed by atoms with E-state index in [1.54, 1.807) is 0 Å². The van der Waals surface area contributed by atoms with Crippen LogP contribution in [0.5, 0.6) is 0 Å². The third-order valence-electron chi connectivity index (χ3n) is 5.79. The molecule has 3 unspecified atom stereocenters. The highest BCUT2D eigenvalue weighted by Crippen LogP contribution is 2.34. The van der Waals surface area contributed by atoms with Gasteiger partial charge in [0.2, 0.25) is 0 Å². The second-order valence-electron chi connectivity index (χ2n) is 7.13. The van der Waals surface area contributed by atoms with Crippen molar-refractivity contribution in [2.45, 2.75) is 63.5 Å². The number of nitrogens with one attached hydrogen (secondary N) is 1. The normalized spacial score (nSPS) is 30.9. The molecule has 3 rings (SSSR count). The Kier molecular flexibility index (Phi) is 5.90. The zero-order chi connectivity index (χ0) is 16.1. The molecule has 0 radical (unpaired) electrons. The van der Waals surface area contributed by atoms with Gasteiger partial charge in [-0.15, -0.1) is 6.58 Å². The van der Waals surface area contributed by atoms with Gasteiger partial charge in [0.05, 0.1) is 0 Å². The first kappa shape index (κ1) is 16.7. The molecule has 1 aliphatic carbocycles. The average molecular weight is 316 g/mol. The Labute approximate surface area is 141 Å². The third kappa shape index (κ3) is 3.86. The average Bonchev–Trinajstić information content (AvgIpc) is 3.00. The highest BCUT2D eigenvalue weighted by Gasteiger charge is 2.35. The fraction of sp³-hybridized carbons (Fsp3) is 0.737. The summed E-state index contributed by atoms with van der Waals surface area (Å²) in [6, 6.07) is 1.32. The first-order chi connectivity index (χ1) is 11.3. The van der Waals surface area contributed by atoms with Gasteiger partial charge in [-0.1, -0.05) is 32.3 Å². The van der Waals surface area contributed by atoms with Crippen LogP contribution in [0.3, 0.4) is 0 Å². The van der Waals surface area contributed by atoms with Crippen LogP contribution in [0.4, 0.5) is 0 Å². The summed E-state index contributed by atoms with van der Waals surface area (Å²) in [7, 11) is 0. The molecule has 3 atom stereocenters. The Morgan fingerprint density at radius 2 is 2.17 bits per heavy atom. The van der Waals surface area contributed by atoms with Crippen LogP contribution in [-0.4, -0.2) is 58.0 Å². The molecule has 2 heterocycles. The lowest BCUT2D eigenvalue weighted by atomic mass is 9.91. The number of hydrogen-bond acceptors (Lipinski definition) is 3. The summed E-state index contributed by atoms with van der Waals surface area (Å²) in [5.74, 6) is 1.79. The molecule has 1 aromatic rings. The molecule has 1 aromatic heterocycles. The van der Waals surface area contributed by atoms with Crippen molar-refractivity contribution in [3.63, 3.8) is 0 Å². The van der Waals surface area contributed by atoms with Crippen LogP contribution in [0.25, 0.3) is 0 Å². The summed E-state index contributed by atoms with van der Waals surface area (Å²) in [4.78, 5) is 13.4. The summed E-state index contributed by atoms with van der Waals surface area (Å²) < 4.78 is 0. The summed E-state index contributed by atoms with van der Waals surface area (Å²) in [5.41, 5.74) is 0. The molecule has 2 aliphatic rings. The van der Waals surface area contributed by atoms with Gasteiger partial charge in [0, 0.05) is 56.6 Å². The lowest BCUT2D eigenvalue weighted by molar-refractivity contribution is 0.0412. The van der Waals surface area contributed by atoms with E-state index in [4.69, 9.17) is 0 Å². The van der Waals surface area contributed by atoms with E-state index in [9.17, 15) is 0 Å². The Balaban J connectivity index is 1.73. The summed E-state index contributed by atoms with van der Waals surface area (Å²) in [6.45, 7) is 10.8. The monoisotopic (exact) mass is 316 g/mol. The van der Waals surface area contributed by atoms with E-state index in [1.165, 1.54) is 64.0 Å². The lowest BCUT2D eigenvalue weighted by Gasteiger charge is -2.45. The molecule has 128 valence electrons. The van der Waals surface area contributed by atoms with Crippen molar-refractivity contribution >= 4 is 0 Å². The van der Waals surface area contributed by atoms with Crippen molar-refractivity contribution in [1.29, 1.82) is 0 Å². The SMILES string of the molecule is C=CCN1CCN(C2CCCCCC2c2ncc[nH]2)CC1CC. The number of aromatic nitrogens is 2. The molecule has 1 N–H and O–H groups in total. The van der Waals surface area contributed by atoms with Crippen LogP contribution in [0.1, 0.15) is 57.2 Å². The van der Waals surface area contributed by atoms with Gasteiger partial charge in [-0.2, -0.15) is 0 Å². The highest BCUT2D eigenvalue weighted by molar-refractivity contribution is 5.05. The van der Waals surface area contributed by atoms with Crippen LogP contribution in [-0.2, 0) is 0 Å². The van der Waals surface area contributed by atoms with Crippen molar-refractivity contribution < 1.29 is 0 Å². The van der Waals surface area contributed by atoms with Gasteiger partial charge >= 0.3 is 0 Å². The summed E-state index contributed by atoms with van der Waals surface area (Å²) in [6.07, 6.45) is 13.9. The van der Waals surface area contributed by atoms with Gasteiger partial charge in [-0.05, 0) is 19.3 Å². The van der Waals surface area contributed by atoms with Crippen LogP contribution < -0.4 is 0 Å². The van der Waals surface area contributed by atoms with Crippen LogP contribution in [0, 0.1) is 0 Å². The zero-order valence-corrected chi connectivity index (χ0v) is 14.6. The van der Waals surface area contributed by atoms with Crippen molar-refractivity contribution in [3.8, 4) is 0 Å². The molecule has 1 saturated heterocycles. The first-order valence-corrected chi connectivity index (χ1v) is 9.41. The van der Waals surface area contributed by atoms with Crippen molar-refractivity contribution in [2.24, 2.45) is 0 Å². The van der Waals surface area contributed by atoms with Gasteiger partial charge < -0.3 is 4.98 Å². The van der Waals surface area contributed by atoms with E-state index in [-0.39, 0.29) is 0 Å². The maximum atomic E-state index is 4.60. The molecule has 23 heavy (non-hydrogen) atoms. The molecule has 0 amide bonds. The van der Waals surface area contributed by atoms with Crippen LogP contribution in [0.15, 0.2) is 25.0 Å². The molecular formula is C19H32N4. The Morgan fingerprint density at radius 1 is 1.30 bits per heavy atom. The van der Waals surface area contributed by atoms with Crippen LogP contribution in [0.2, 0.25) is 0 Å². The van der Waals surface area contributed by atoms with E-state index < -0.39 is 0 Å². The third-order valence-corrected chi connectivity index (χ3v) is 5.79. The number of piperazine rings is 1. The second-order valence-corrected chi connectivity index (χ2v) is 7.13.